The Balaban J connectivity index is 2.59. The number of rotatable bonds is 8. The molecule has 0 aromatic carbocycles. The number of aryl methyl sites for hydroxylation is 2. The minimum Gasteiger partial charge on any atom is -0.388 e. The number of carbonyl (C=O) groups is 1. The SMILES string of the molecule is CCCC(O)(CCC)CNC(=O)Nc1c(CC)noc1C. The molecule has 2 amide bonds. The fourth-order valence-electron chi connectivity index (χ4n) is 2.45. The highest BCUT2D eigenvalue weighted by atomic mass is 16.5. The van der Waals surface area contributed by atoms with E-state index in [1.807, 2.05) is 20.8 Å². The summed E-state index contributed by atoms with van der Waals surface area (Å²) in [5.74, 6) is 0.583. The second kappa shape index (κ2) is 8.02. The first kappa shape index (κ1) is 17.5. The molecular formula is C15H27N3O3. The van der Waals surface area contributed by atoms with Crippen LogP contribution in [-0.4, -0.2) is 28.4 Å². The molecule has 0 spiro atoms. The molecule has 0 saturated carbocycles. The summed E-state index contributed by atoms with van der Waals surface area (Å²) in [6, 6.07) is -0.346. The number of urea groups is 1. The molecule has 0 unspecified atom stereocenters. The van der Waals surface area contributed by atoms with Gasteiger partial charge in [-0.3, -0.25) is 0 Å². The van der Waals surface area contributed by atoms with Gasteiger partial charge < -0.3 is 20.3 Å². The normalized spacial score (nSPS) is 11.5. The third-order valence-corrected chi connectivity index (χ3v) is 3.52. The van der Waals surface area contributed by atoms with E-state index in [4.69, 9.17) is 4.52 Å². The maximum Gasteiger partial charge on any atom is 0.319 e. The van der Waals surface area contributed by atoms with E-state index in [2.05, 4.69) is 15.8 Å². The molecular weight excluding hydrogens is 270 g/mol. The highest BCUT2D eigenvalue weighted by Gasteiger charge is 2.25. The van der Waals surface area contributed by atoms with Crippen LogP contribution in [0.1, 0.15) is 57.9 Å². The molecule has 1 heterocycles. The molecule has 1 rings (SSSR count). The van der Waals surface area contributed by atoms with Gasteiger partial charge >= 0.3 is 6.03 Å². The largest absolute Gasteiger partial charge is 0.388 e. The molecule has 0 aliphatic heterocycles. The van der Waals surface area contributed by atoms with Crippen molar-refractivity contribution in [3.8, 4) is 0 Å². The molecule has 1 aromatic heterocycles. The minimum atomic E-state index is -0.835. The highest BCUT2D eigenvalue weighted by molar-refractivity contribution is 5.90. The van der Waals surface area contributed by atoms with Crippen LogP contribution in [0.2, 0.25) is 0 Å². The Labute approximate surface area is 126 Å². The molecule has 6 heteroatoms. The Morgan fingerprint density at radius 3 is 2.43 bits per heavy atom. The quantitative estimate of drug-likeness (QED) is 0.688. The summed E-state index contributed by atoms with van der Waals surface area (Å²) in [6.07, 6.45) is 3.79. The smallest absolute Gasteiger partial charge is 0.319 e. The predicted octanol–water partition coefficient (Wildman–Crippen LogP) is 3.00. The summed E-state index contributed by atoms with van der Waals surface area (Å²) in [5, 5.41) is 19.8. The van der Waals surface area contributed by atoms with E-state index < -0.39 is 5.60 Å². The Morgan fingerprint density at radius 1 is 1.29 bits per heavy atom. The van der Waals surface area contributed by atoms with Gasteiger partial charge in [0.2, 0.25) is 0 Å². The number of hydrogen-bond acceptors (Lipinski definition) is 4. The van der Waals surface area contributed by atoms with Crippen molar-refractivity contribution in [3.63, 3.8) is 0 Å². The second-order valence-electron chi connectivity index (χ2n) is 5.45. The van der Waals surface area contributed by atoms with Crippen molar-refractivity contribution in [1.29, 1.82) is 0 Å². The van der Waals surface area contributed by atoms with Crippen LogP contribution in [0.4, 0.5) is 10.5 Å². The van der Waals surface area contributed by atoms with E-state index in [9.17, 15) is 9.90 Å². The lowest BCUT2D eigenvalue weighted by Crippen LogP contribution is -2.44. The zero-order valence-electron chi connectivity index (χ0n) is 13.5. The van der Waals surface area contributed by atoms with Crippen LogP contribution in [0.3, 0.4) is 0 Å². The van der Waals surface area contributed by atoms with Crippen LogP contribution in [0, 0.1) is 6.92 Å². The molecule has 6 nitrogen and oxygen atoms in total. The van der Waals surface area contributed by atoms with E-state index in [1.54, 1.807) is 6.92 Å². The van der Waals surface area contributed by atoms with Crippen molar-refractivity contribution in [1.82, 2.24) is 10.5 Å². The van der Waals surface area contributed by atoms with Gasteiger partial charge in [-0.1, -0.05) is 38.8 Å². The van der Waals surface area contributed by atoms with Crippen molar-refractivity contribution in [3.05, 3.63) is 11.5 Å². The van der Waals surface area contributed by atoms with Crippen LogP contribution < -0.4 is 10.6 Å². The first-order valence-electron chi connectivity index (χ1n) is 7.68. The first-order chi connectivity index (χ1) is 9.95. The number of hydrogen-bond donors (Lipinski definition) is 3. The van der Waals surface area contributed by atoms with Crippen molar-refractivity contribution in [2.45, 2.75) is 65.4 Å². The number of carbonyl (C=O) groups excluding carboxylic acids is 1. The summed E-state index contributed by atoms with van der Waals surface area (Å²) in [7, 11) is 0. The maximum atomic E-state index is 12.0. The van der Waals surface area contributed by atoms with Crippen molar-refractivity contribution >= 4 is 11.7 Å². The summed E-state index contributed by atoms with van der Waals surface area (Å²) in [5.41, 5.74) is 0.502. The summed E-state index contributed by atoms with van der Waals surface area (Å²) in [4.78, 5) is 12.0. The van der Waals surface area contributed by atoms with Crippen LogP contribution in [0.15, 0.2) is 4.52 Å². The van der Waals surface area contributed by atoms with Gasteiger partial charge in [-0.25, -0.2) is 4.79 Å². The van der Waals surface area contributed by atoms with Crippen LogP contribution in [-0.2, 0) is 6.42 Å². The maximum absolute atomic E-state index is 12.0. The molecule has 0 aliphatic carbocycles. The molecule has 21 heavy (non-hydrogen) atoms. The van der Waals surface area contributed by atoms with Crippen LogP contribution in [0.25, 0.3) is 0 Å². The molecule has 0 saturated heterocycles. The van der Waals surface area contributed by atoms with E-state index in [1.165, 1.54) is 0 Å². The van der Waals surface area contributed by atoms with E-state index in [0.29, 0.717) is 30.7 Å². The number of aromatic nitrogens is 1. The minimum absolute atomic E-state index is 0.242. The molecule has 0 atom stereocenters. The monoisotopic (exact) mass is 297 g/mol. The topological polar surface area (TPSA) is 87.4 Å². The standard InChI is InChI=1S/C15H27N3O3/c1-5-8-15(20,9-6-2)10-16-14(19)17-13-11(4)21-18-12(13)7-3/h20H,5-10H2,1-4H3,(H2,16,17,19). The zero-order chi connectivity index (χ0) is 15.9. The van der Waals surface area contributed by atoms with Gasteiger partial charge in [0.1, 0.15) is 11.4 Å². The fraction of sp³-hybridized carbons (Fsp3) is 0.733. The number of amides is 2. The van der Waals surface area contributed by atoms with Gasteiger partial charge in [0.05, 0.1) is 5.60 Å². The third kappa shape index (κ3) is 5.04. The van der Waals surface area contributed by atoms with Crippen molar-refractivity contribution in [2.24, 2.45) is 0 Å². The van der Waals surface area contributed by atoms with Crippen molar-refractivity contribution in [2.75, 3.05) is 11.9 Å². The lowest BCUT2D eigenvalue weighted by Gasteiger charge is -2.27. The van der Waals surface area contributed by atoms with E-state index in [-0.39, 0.29) is 12.6 Å². The number of nitrogens with zero attached hydrogens (tertiary/aromatic N) is 1. The average Bonchev–Trinajstić information content (AvgIpc) is 2.78. The Hall–Kier alpha value is -1.56. The summed E-state index contributed by atoms with van der Waals surface area (Å²) < 4.78 is 5.07. The summed E-state index contributed by atoms with van der Waals surface area (Å²) in [6.45, 7) is 7.99. The third-order valence-electron chi connectivity index (χ3n) is 3.52. The van der Waals surface area contributed by atoms with Gasteiger partial charge in [0.25, 0.3) is 0 Å². The second-order valence-corrected chi connectivity index (χ2v) is 5.45. The molecule has 0 aliphatic rings. The Bertz CT molecular complexity index is 451. The summed E-state index contributed by atoms with van der Waals surface area (Å²) >= 11 is 0. The van der Waals surface area contributed by atoms with Gasteiger partial charge in [0, 0.05) is 6.54 Å². The van der Waals surface area contributed by atoms with E-state index >= 15 is 0 Å². The van der Waals surface area contributed by atoms with Gasteiger partial charge in [0.15, 0.2) is 5.76 Å². The molecule has 0 fully saturated rings. The van der Waals surface area contributed by atoms with E-state index in [0.717, 1.165) is 18.5 Å². The average molecular weight is 297 g/mol. The lowest BCUT2D eigenvalue weighted by molar-refractivity contribution is 0.0245. The van der Waals surface area contributed by atoms with Gasteiger partial charge in [-0.15, -0.1) is 0 Å². The van der Waals surface area contributed by atoms with Gasteiger partial charge in [-0.05, 0) is 26.2 Å². The number of anilines is 1. The Kier molecular flexibility index (Phi) is 6.68. The molecule has 3 N–H and O–H groups in total. The first-order valence-corrected chi connectivity index (χ1v) is 7.68. The molecule has 1 aromatic rings. The molecule has 0 radical (unpaired) electrons. The van der Waals surface area contributed by atoms with Crippen molar-refractivity contribution < 1.29 is 14.4 Å². The predicted molar refractivity (Wildman–Crippen MR) is 82.4 cm³/mol. The van der Waals surface area contributed by atoms with Gasteiger partial charge in [-0.2, -0.15) is 0 Å². The van der Waals surface area contributed by atoms with Crippen LogP contribution in [0.5, 0.6) is 0 Å². The number of aliphatic hydroxyl groups is 1. The molecule has 0 bridgehead atoms. The molecule has 120 valence electrons. The fourth-order valence-corrected chi connectivity index (χ4v) is 2.45. The number of nitrogens with one attached hydrogen (secondary N) is 2. The highest BCUT2D eigenvalue weighted by Crippen LogP contribution is 2.21. The lowest BCUT2D eigenvalue weighted by atomic mass is 9.93. The Morgan fingerprint density at radius 2 is 1.90 bits per heavy atom. The van der Waals surface area contributed by atoms with Crippen LogP contribution >= 0.6 is 0 Å². The zero-order valence-corrected chi connectivity index (χ0v) is 13.5.